The molecule has 3 N–H and O–H groups in total. The monoisotopic (exact) mass is 303 g/mol. The van der Waals surface area contributed by atoms with Crippen LogP contribution < -0.4 is 5.73 Å². The molecule has 0 saturated heterocycles. The molecule has 112 valence electrons. The molecule has 0 saturated carbocycles. The van der Waals surface area contributed by atoms with Gasteiger partial charge in [-0.25, -0.2) is 0 Å². The summed E-state index contributed by atoms with van der Waals surface area (Å²) >= 11 is 1.40. The summed E-state index contributed by atoms with van der Waals surface area (Å²) in [5, 5.41) is 12.3. The molecule has 0 amide bonds. The van der Waals surface area contributed by atoms with E-state index in [4.69, 9.17) is 5.73 Å². The van der Waals surface area contributed by atoms with Crippen molar-refractivity contribution in [1.82, 2.24) is 0 Å². The number of nitrogen functional groups attached to an aromatic ring is 1. The number of hydrogen-bond acceptors (Lipinski definition) is 4. The zero-order valence-electron chi connectivity index (χ0n) is 12.8. The van der Waals surface area contributed by atoms with Crippen molar-refractivity contribution in [3.63, 3.8) is 0 Å². The molecule has 2 rings (SSSR count). The molecular formula is C17H21NO2S. The molecule has 0 spiro atoms. The maximum absolute atomic E-state index is 12.6. The molecule has 0 bridgehead atoms. The first kappa shape index (κ1) is 15.6. The van der Waals surface area contributed by atoms with Crippen LogP contribution in [-0.2, 0) is 0 Å². The smallest absolute Gasteiger partial charge is 0.205 e. The maximum Gasteiger partial charge on any atom is 0.205 e. The highest BCUT2D eigenvalue weighted by molar-refractivity contribution is 7.12. The van der Waals surface area contributed by atoms with E-state index in [2.05, 4.69) is 0 Å². The van der Waals surface area contributed by atoms with Gasteiger partial charge in [0.2, 0.25) is 5.78 Å². The highest BCUT2D eigenvalue weighted by Gasteiger charge is 2.23. The van der Waals surface area contributed by atoms with E-state index < -0.39 is 0 Å². The van der Waals surface area contributed by atoms with Crippen molar-refractivity contribution in [1.29, 1.82) is 0 Å². The standard InChI is InChI=1S/C17H21NO2S/c1-9(2)11-8-12(16(19)13-6-5-7-21-13)15(18)14(10(3)4)17(11)20/h5-10,20H,18H2,1-4H3. The predicted molar refractivity (Wildman–Crippen MR) is 88.4 cm³/mol. The Morgan fingerprint density at radius 3 is 2.38 bits per heavy atom. The van der Waals surface area contributed by atoms with E-state index in [-0.39, 0.29) is 23.4 Å². The average molecular weight is 303 g/mol. The predicted octanol–water partition coefficient (Wildman–Crippen LogP) is 4.51. The van der Waals surface area contributed by atoms with Crippen LogP contribution in [0.4, 0.5) is 5.69 Å². The number of carbonyl (C=O) groups excluding carboxylic acids is 1. The van der Waals surface area contributed by atoms with E-state index in [0.29, 0.717) is 21.7 Å². The first-order valence-corrected chi connectivity index (χ1v) is 7.96. The fourth-order valence-corrected chi connectivity index (χ4v) is 3.16. The fourth-order valence-electron chi connectivity index (χ4n) is 2.48. The zero-order chi connectivity index (χ0) is 15.7. The van der Waals surface area contributed by atoms with Crippen LogP contribution in [0.2, 0.25) is 0 Å². The average Bonchev–Trinajstić information content (AvgIpc) is 2.91. The van der Waals surface area contributed by atoms with Gasteiger partial charge in [-0.15, -0.1) is 11.3 Å². The number of phenolic OH excluding ortho intramolecular Hbond substituents is 1. The molecule has 1 aromatic heterocycles. The van der Waals surface area contributed by atoms with Gasteiger partial charge in [0, 0.05) is 16.8 Å². The highest BCUT2D eigenvalue weighted by Crippen LogP contribution is 2.40. The molecule has 0 aliphatic heterocycles. The molecule has 4 heteroatoms. The quantitative estimate of drug-likeness (QED) is 0.645. The summed E-state index contributed by atoms with van der Waals surface area (Å²) in [5.41, 5.74) is 8.51. The number of phenols is 1. The molecule has 0 aliphatic rings. The third kappa shape index (κ3) is 2.81. The molecule has 1 aromatic carbocycles. The second kappa shape index (κ2) is 5.90. The Morgan fingerprint density at radius 2 is 1.90 bits per heavy atom. The van der Waals surface area contributed by atoms with Crippen molar-refractivity contribution >= 4 is 22.8 Å². The van der Waals surface area contributed by atoms with Crippen molar-refractivity contribution in [2.75, 3.05) is 5.73 Å². The number of carbonyl (C=O) groups is 1. The van der Waals surface area contributed by atoms with Crippen molar-refractivity contribution in [2.45, 2.75) is 39.5 Å². The molecule has 1 heterocycles. The van der Waals surface area contributed by atoms with Crippen molar-refractivity contribution < 1.29 is 9.90 Å². The molecule has 2 aromatic rings. The number of anilines is 1. The lowest BCUT2D eigenvalue weighted by Crippen LogP contribution is -2.10. The Hall–Kier alpha value is -1.81. The number of benzene rings is 1. The number of nitrogens with two attached hydrogens (primary N) is 1. The van der Waals surface area contributed by atoms with Crippen molar-refractivity contribution in [3.05, 3.63) is 45.1 Å². The molecule has 0 fully saturated rings. The van der Waals surface area contributed by atoms with Crippen LogP contribution in [0.1, 0.15) is 65.9 Å². The van der Waals surface area contributed by atoms with Gasteiger partial charge in [-0.3, -0.25) is 4.79 Å². The number of ketones is 1. The van der Waals surface area contributed by atoms with E-state index in [1.54, 1.807) is 12.1 Å². The van der Waals surface area contributed by atoms with Gasteiger partial charge in [0.25, 0.3) is 0 Å². The summed E-state index contributed by atoms with van der Waals surface area (Å²) in [6.07, 6.45) is 0. The Kier molecular flexibility index (Phi) is 4.37. The number of hydrogen-bond donors (Lipinski definition) is 2. The summed E-state index contributed by atoms with van der Waals surface area (Å²) in [7, 11) is 0. The lowest BCUT2D eigenvalue weighted by molar-refractivity contribution is 0.104. The molecule has 3 nitrogen and oxygen atoms in total. The van der Waals surface area contributed by atoms with Gasteiger partial charge in [0.05, 0.1) is 4.88 Å². The SMILES string of the molecule is CC(C)c1cc(C(=O)c2cccs2)c(N)c(C(C)C)c1O. The molecule has 0 aliphatic carbocycles. The highest BCUT2D eigenvalue weighted by atomic mass is 32.1. The Balaban J connectivity index is 2.69. The van der Waals surface area contributed by atoms with E-state index in [0.717, 1.165) is 5.56 Å². The first-order chi connectivity index (χ1) is 9.84. The maximum atomic E-state index is 12.6. The first-order valence-electron chi connectivity index (χ1n) is 7.08. The largest absolute Gasteiger partial charge is 0.507 e. The molecule has 0 radical (unpaired) electrons. The molecule has 21 heavy (non-hydrogen) atoms. The minimum atomic E-state index is -0.0775. The second-order valence-corrected chi connectivity index (χ2v) is 6.75. The van der Waals surface area contributed by atoms with Gasteiger partial charge in [-0.05, 0) is 34.9 Å². The van der Waals surface area contributed by atoms with Gasteiger partial charge >= 0.3 is 0 Å². The minimum absolute atomic E-state index is 0.0542. The van der Waals surface area contributed by atoms with Crippen LogP contribution in [0, 0.1) is 0 Å². The number of aromatic hydroxyl groups is 1. The summed E-state index contributed by atoms with van der Waals surface area (Å²) in [6.45, 7) is 7.92. The Bertz CT molecular complexity index is 658. The fraction of sp³-hybridized carbons (Fsp3) is 0.353. The summed E-state index contributed by atoms with van der Waals surface area (Å²) in [6, 6.07) is 5.38. The Labute approximate surface area is 129 Å². The van der Waals surface area contributed by atoms with Crippen molar-refractivity contribution in [3.8, 4) is 5.75 Å². The van der Waals surface area contributed by atoms with Gasteiger partial charge in [0.1, 0.15) is 5.75 Å². The summed E-state index contributed by atoms with van der Waals surface area (Å²) < 4.78 is 0. The van der Waals surface area contributed by atoms with Gasteiger partial charge in [-0.1, -0.05) is 33.8 Å². The number of rotatable bonds is 4. The van der Waals surface area contributed by atoms with E-state index in [1.807, 2.05) is 39.1 Å². The molecule has 0 atom stereocenters. The van der Waals surface area contributed by atoms with Crippen LogP contribution in [0.25, 0.3) is 0 Å². The van der Waals surface area contributed by atoms with E-state index in [9.17, 15) is 9.90 Å². The minimum Gasteiger partial charge on any atom is -0.507 e. The third-order valence-electron chi connectivity index (χ3n) is 3.60. The van der Waals surface area contributed by atoms with Gasteiger partial charge in [0.15, 0.2) is 0 Å². The van der Waals surface area contributed by atoms with Crippen LogP contribution in [0.3, 0.4) is 0 Å². The van der Waals surface area contributed by atoms with E-state index in [1.165, 1.54) is 11.3 Å². The zero-order valence-corrected chi connectivity index (χ0v) is 13.6. The normalized spacial score (nSPS) is 11.3. The summed E-state index contributed by atoms with van der Waals surface area (Å²) in [5.74, 6) is 0.322. The topological polar surface area (TPSA) is 63.3 Å². The Morgan fingerprint density at radius 1 is 1.24 bits per heavy atom. The van der Waals surface area contributed by atoms with Crippen LogP contribution in [-0.4, -0.2) is 10.9 Å². The van der Waals surface area contributed by atoms with Crippen molar-refractivity contribution in [2.24, 2.45) is 0 Å². The van der Waals surface area contributed by atoms with Gasteiger partial charge < -0.3 is 10.8 Å². The lowest BCUT2D eigenvalue weighted by atomic mass is 9.88. The third-order valence-corrected chi connectivity index (χ3v) is 4.47. The van der Waals surface area contributed by atoms with Crippen LogP contribution in [0.15, 0.2) is 23.6 Å². The second-order valence-electron chi connectivity index (χ2n) is 5.81. The molecule has 0 unspecified atom stereocenters. The van der Waals surface area contributed by atoms with E-state index >= 15 is 0 Å². The van der Waals surface area contributed by atoms with Gasteiger partial charge in [-0.2, -0.15) is 0 Å². The number of thiophene rings is 1. The van der Waals surface area contributed by atoms with Crippen LogP contribution >= 0.6 is 11.3 Å². The summed E-state index contributed by atoms with van der Waals surface area (Å²) in [4.78, 5) is 13.3. The van der Waals surface area contributed by atoms with Crippen LogP contribution in [0.5, 0.6) is 5.75 Å². The molecular weight excluding hydrogens is 282 g/mol. The lowest BCUT2D eigenvalue weighted by Gasteiger charge is -2.20.